The minimum atomic E-state index is -1.14. The lowest BCUT2D eigenvalue weighted by atomic mass is 9.92. The van der Waals surface area contributed by atoms with Gasteiger partial charge in [-0.1, -0.05) is 57.2 Å². The fourth-order valence-electron chi connectivity index (χ4n) is 5.25. The van der Waals surface area contributed by atoms with Crippen molar-refractivity contribution in [2.75, 3.05) is 0 Å². The van der Waals surface area contributed by atoms with E-state index < -0.39 is 23.8 Å². The van der Waals surface area contributed by atoms with Crippen molar-refractivity contribution >= 4 is 29.0 Å². The van der Waals surface area contributed by atoms with Gasteiger partial charge in [-0.05, 0) is 74.1 Å². The Morgan fingerprint density at radius 1 is 0.894 bits per heavy atom. The molecule has 9 nitrogen and oxygen atoms in total. The van der Waals surface area contributed by atoms with Gasteiger partial charge in [-0.25, -0.2) is 14.6 Å². The van der Waals surface area contributed by atoms with Gasteiger partial charge in [0.15, 0.2) is 11.6 Å². The summed E-state index contributed by atoms with van der Waals surface area (Å²) in [6.07, 6.45) is 3.82. The van der Waals surface area contributed by atoms with Crippen LogP contribution < -0.4 is 5.32 Å². The summed E-state index contributed by atoms with van der Waals surface area (Å²) in [7, 11) is 0. The Hall–Kier alpha value is -4.96. The number of hydrogen-bond donors (Lipinski definition) is 2. The van der Waals surface area contributed by atoms with Gasteiger partial charge >= 0.3 is 5.97 Å². The first-order valence-corrected chi connectivity index (χ1v) is 16.3. The van der Waals surface area contributed by atoms with Crippen LogP contribution in [-0.4, -0.2) is 48.6 Å². The monoisotopic (exact) mass is 649 g/mol. The second-order valence-corrected chi connectivity index (χ2v) is 14.0. The maximum atomic E-state index is 13.3. The fraction of sp³-hybridized carbons (Fsp3) is 0.297. The number of nitrogens with zero attached hydrogens (tertiary/aromatic N) is 4. The second kappa shape index (κ2) is 13.8. The van der Waals surface area contributed by atoms with Crippen molar-refractivity contribution < 1.29 is 19.5 Å². The highest BCUT2D eigenvalue weighted by Gasteiger charge is 2.27. The Morgan fingerprint density at radius 3 is 2.09 bits per heavy atom. The van der Waals surface area contributed by atoms with Gasteiger partial charge < -0.3 is 10.4 Å². The summed E-state index contributed by atoms with van der Waals surface area (Å²) in [5, 5.41) is 16.4. The smallest absolute Gasteiger partial charge is 0.325 e. The Morgan fingerprint density at radius 2 is 1.53 bits per heavy atom. The molecule has 0 unspecified atom stereocenters. The van der Waals surface area contributed by atoms with Crippen LogP contribution in [0.15, 0.2) is 79.1 Å². The van der Waals surface area contributed by atoms with Crippen LogP contribution in [0.25, 0.3) is 28.2 Å². The number of carbonyl (C=O) groups is 3. The van der Waals surface area contributed by atoms with E-state index in [1.165, 1.54) is 18.3 Å². The van der Waals surface area contributed by atoms with E-state index in [1.807, 2.05) is 79.2 Å². The van der Waals surface area contributed by atoms with E-state index in [1.54, 1.807) is 18.5 Å². The van der Waals surface area contributed by atoms with Crippen LogP contribution in [-0.2, 0) is 21.4 Å². The van der Waals surface area contributed by atoms with Crippen molar-refractivity contribution in [2.24, 2.45) is 5.92 Å². The lowest BCUT2D eigenvalue weighted by Crippen LogP contribution is -2.42. The molecule has 0 bridgehead atoms. The molecule has 10 heteroatoms. The number of Topliss-reactive ketones (excluding diaryl/α,β-unsaturated/α-hetero) is 1. The summed E-state index contributed by atoms with van der Waals surface area (Å²) in [6.45, 7) is 11.7. The van der Waals surface area contributed by atoms with Crippen LogP contribution in [0.3, 0.4) is 0 Å². The molecule has 0 aliphatic heterocycles. The SMILES string of the molecule is Cc1cc(C)n(-c2ccc(-c3cnc(-c4ccc(C[C@H](CC(=O)c5ccc(C(C)(C)C)s5)C(=O)N[C@H](C)C(=O)O)cc4)nc3)cc2)n1. The number of aromatic nitrogens is 4. The highest BCUT2D eigenvalue weighted by atomic mass is 32.1. The number of amides is 1. The third-order valence-corrected chi connectivity index (χ3v) is 9.50. The van der Waals surface area contributed by atoms with Gasteiger partial charge in [0.05, 0.1) is 16.3 Å². The molecule has 5 rings (SSSR count). The average Bonchev–Trinajstić information content (AvgIpc) is 3.68. The summed E-state index contributed by atoms with van der Waals surface area (Å²) >= 11 is 1.43. The van der Waals surface area contributed by atoms with Gasteiger partial charge in [0.1, 0.15) is 6.04 Å². The molecule has 3 heterocycles. The highest BCUT2D eigenvalue weighted by molar-refractivity contribution is 7.14. The molecule has 2 aromatic carbocycles. The average molecular weight is 650 g/mol. The zero-order valence-electron chi connectivity index (χ0n) is 27.4. The number of nitrogens with one attached hydrogen (secondary N) is 1. The molecule has 0 saturated carbocycles. The van der Waals surface area contributed by atoms with Gasteiger partial charge in [0, 0.05) is 46.4 Å². The van der Waals surface area contributed by atoms with Gasteiger partial charge in [-0.2, -0.15) is 5.10 Å². The molecule has 3 aromatic heterocycles. The maximum absolute atomic E-state index is 13.3. The number of aryl methyl sites for hydroxylation is 2. The van der Waals surface area contributed by atoms with E-state index >= 15 is 0 Å². The van der Waals surface area contributed by atoms with Crippen LogP contribution in [0.5, 0.6) is 0 Å². The molecule has 0 aliphatic carbocycles. The third kappa shape index (κ3) is 8.07. The standard InChI is InChI=1S/C37H39N5O4S/c1-22-17-23(2)42(41-22)30-13-11-26(12-14-30)29-20-38-34(39-21-29)27-9-7-25(8-10-27)18-28(35(44)40-24(3)36(45)46)19-31(43)32-15-16-33(47-32)37(4,5)6/h7-17,20-21,24,28H,18-19H2,1-6H3,(H,40,44)(H,45,46)/t24-,28-/m1/s1. The number of hydrogen-bond acceptors (Lipinski definition) is 7. The number of aliphatic carboxylic acids is 1. The molecule has 47 heavy (non-hydrogen) atoms. The quantitative estimate of drug-likeness (QED) is 0.148. The molecule has 0 saturated heterocycles. The van der Waals surface area contributed by atoms with E-state index in [2.05, 4.69) is 41.2 Å². The van der Waals surface area contributed by atoms with E-state index in [0.29, 0.717) is 10.7 Å². The third-order valence-electron chi connectivity index (χ3n) is 7.95. The molecule has 2 N–H and O–H groups in total. The largest absolute Gasteiger partial charge is 0.480 e. The van der Waals surface area contributed by atoms with Crippen LogP contribution in [0, 0.1) is 19.8 Å². The van der Waals surface area contributed by atoms with Gasteiger partial charge in [0.25, 0.3) is 0 Å². The first kappa shape index (κ1) is 33.4. The van der Waals surface area contributed by atoms with Crippen LogP contribution in [0.1, 0.15) is 65.6 Å². The number of benzene rings is 2. The first-order chi connectivity index (χ1) is 22.3. The number of carboxylic acids is 1. The molecule has 0 fully saturated rings. The van der Waals surface area contributed by atoms with Crippen molar-refractivity contribution in [3.05, 3.63) is 106 Å². The van der Waals surface area contributed by atoms with Gasteiger partial charge in [0.2, 0.25) is 5.91 Å². The Kier molecular flexibility index (Phi) is 9.81. The summed E-state index contributed by atoms with van der Waals surface area (Å²) in [5.41, 5.74) is 6.47. The summed E-state index contributed by atoms with van der Waals surface area (Å²) < 4.78 is 1.91. The number of carboxylic acid groups (broad SMARTS) is 1. The van der Waals surface area contributed by atoms with E-state index in [4.69, 9.17) is 0 Å². The van der Waals surface area contributed by atoms with Gasteiger partial charge in [-0.3, -0.25) is 14.4 Å². The molecule has 0 aliphatic rings. The Balaban J connectivity index is 1.28. The van der Waals surface area contributed by atoms with Crippen molar-refractivity contribution in [1.82, 2.24) is 25.1 Å². The summed E-state index contributed by atoms with van der Waals surface area (Å²) in [5.74, 6) is -1.92. The van der Waals surface area contributed by atoms with Crippen LogP contribution in [0.2, 0.25) is 0 Å². The maximum Gasteiger partial charge on any atom is 0.325 e. The van der Waals surface area contributed by atoms with Crippen molar-refractivity contribution in [3.8, 4) is 28.2 Å². The number of carbonyl (C=O) groups excluding carboxylic acids is 2. The zero-order valence-corrected chi connectivity index (χ0v) is 28.3. The lowest BCUT2D eigenvalue weighted by Gasteiger charge is -2.18. The van der Waals surface area contributed by atoms with E-state index in [-0.39, 0.29) is 24.0 Å². The molecular formula is C37H39N5O4S. The van der Waals surface area contributed by atoms with E-state index in [0.717, 1.165) is 44.2 Å². The number of ketones is 1. The van der Waals surface area contributed by atoms with E-state index in [9.17, 15) is 19.5 Å². The lowest BCUT2D eigenvalue weighted by molar-refractivity contribution is -0.141. The fourth-order valence-corrected chi connectivity index (χ4v) is 6.26. The topological polar surface area (TPSA) is 127 Å². The molecule has 0 radical (unpaired) electrons. The van der Waals surface area contributed by atoms with Crippen molar-refractivity contribution in [3.63, 3.8) is 0 Å². The van der Waals surface area contributed by atoms with Crippen molar-refractivity contribution in [2.45, 2.75) is 65.8 Å². The first-order valence-electron chi connectivity index (χ1n) is 15.5. The van der Waals surface area contributed by atoms with Crippen LogP contribution >= 0.6 is 11.3 Å². The highest BCUT2D eigenvalue weighted by Crippen LogP contribution is 2.31. The van der Waals surface area contributed by atoms with Crippen LogP contribution in [0.4, 0.5) is 0 Å². The predicted octanol–water partition coefficient (Wildman–Crippen LogP) is 6.99. The summed E-state index contributed by atoms with van der Waals surface area (Å²) in [4.78, 5) is 48.7. The zero-order chi connectivity index (χ0) is 33.9. The molecular weight excluding hydrogens is 611 g/mol. The molecule has 1 amide bonds. The molecule has 0 spiro atoms. The number of thiophene rings is 1. The van der Waals surface area contributed by atoms with Gasteiger partial charge in [-0.15, -0.1) is 11.3 Å². The molecule has 242 valence electrons. The normalized spacial score (nSPS) is 12.8. The Labute approximate surface area is 278 Å². The Bertz CT molecular complexity index is 1880. The number of rotatable bonds is 11. The molecule has 2 atom stereocenters. The molecule has 5 aromatic rings. The second-order valence-electron chi connectivity index (χ2n) is 12.9. The minimum absolute atomic E-state index is 0.0310. The van der Waals surface area contributed by atoms with Crippen molar-refractivity contribution in [1.29, 1.82) is 0 Å². The summed E-state index contributed by atoms with van der Waals surface area (Å²) in [6, 6.07) is 20.4. The minimum Gasteiger partial charge on any atom is -0.480 e. The predicted molar refractivity (Wildman–Crippen MR) is 184 cm³/mol.